The van der Waals surface area contributed by atoms with Gasteiger partial charge >= 0.3 is 0 Å². The Balaban J connectivity index is 1.75. The SMILES string of the molecule is CCS(=O)(=O)N1CCC[C@]2(CCC(=O)N(Cc3cccnc3)C2)C1. The molecule has 24 heavy (non-hydrogen) atoms. The topological polar surface area (TPSA) is 70.6 Å². The molecule has 7 heteroatoms. The van der Waals surface area contributed by atoms with Crippen molar-refractivity contribution in [2.24, 2.45) is 5.41 Å². The van der Waals surface area contributed by atoms with Crippen molar-refractivity contribution in [2.75, 3.05) is 25.4 Å². The number of sulfonamides is 1. The van der Waals surface area contributed by atoms with E-state index in [0.29, 0.717) is 32.6 Å². The van der Waals surface area contributed by atoms with E-state index in [1.54, 1.807) is 23.6 Å². The van der Waals surface area contributed by atoms with Gasteiger partial charge in [0.2, 0.25) is 15.9 Å². The Hall–Kier alpha value is -1.47. The van der Waals surface area contributed by atoms with Gasteiger partial charge in [-0.05, 0) is 37.8 Å². The number of rotatable bonds is 4. The Morgan fingerprint density at radius 3 is 2.83 bits per heavy atom. The van der Waals surface area contributed by atoms with Crippen molar-refractivity contribution in [2.45, 2.75) is 39.2 Å². The largest absolute Gasteiger partial charge is 0.338 e. The zero-order valence-electron chi connectivity index (χ0n) is 14.1. The quantitative estimate of drug-likeness (QED) is 0.827. The average molecular weight is 351 g/mol. The lowest BCUT2D eigenvalue weighted by Gasteiger charge is -2.47. The summed E-state index contributed by atoms with van der Waals surface area (Å²) < 4.78 is 26.1. The zero-order chi connectivity index (χ0) is 17.2. The lowest BCUT2D eigenvalue weighted by molar-refractivity contribution is -0.139. The summed E-state index contributed by atoms with van der Waals surface area (Å²) in [5, 5.41) is 0. The number of pyridine rings is 1. The van der Waals surface area contributed by atoms with E-state index in [0.717, 1.165) is 24.8 Å². The van der Waals surface area contributed by atoms with Crippen molar-refractivity contribution < 1.29 is 13.2 Å². The maximum absolute atomic E-state index is 12.3. The minimum Gasteiger partial charge on any atom is -0.338 e. The highest BCUT2D eigenvalue weighted by Crippen LogP contribution is 2.40. The number of aromatic nitrogens is 1. The van der Waals surface area contributed by atoms with E-state index in [1.807, 2.05) is 17.0 Å². The van der Waals surface area contributed by atoms with Gasteiger partial charge in [-0.1, -0.05) is 6.07 Å². The number of likely N-dealkylation sites (tertiary alicyclic amines) is 1. The first-order valence-corrected chi connectivity index (χ1v) is 10.2. The van der Waals surface area contributed by atoms with Crippen LogP contribution in [0.3, 0.4) is 0 Å². The van der Waals surface area contributed by atoms with Gasteiger partial charge in [-0.25, -0.2) is 12.7 Å². The highest BCUT2D eigenvalue weighted by Gasteiger charge is 2.43. The maximum atomic E-state index is 12.3. The highest BCUT2D eigenvalue weighted by atomic mass is 32.2. The molecule has 1 atom stereocenters. The number of hydrogen-bond donors (Lipinski definition) is 0. The van der Waals surface area contributed by atoms with E-state index in [2.05, 4.69) is 4.98 Å². The van der Waals surface area contributed by atoms with E-state index in [9.17, 15) is 13.2 Å². The fraction of sp³-hybridized carbons (Fsp3) is 0.647. The Morgan fingerprint density at radius 1 is 1.29 bits per heavy atom. The number of nitrogens with zero attached hydrogens (tertiary/aromatic N) is 3. The van der Waals surface area contributed by atoms with Crippen LogP contribution in [0.1, 0.15) is 38.2 Å². The lowest BCUT2D eigenvalue weighted by Crippen LogP contribution is -2.55. The minimum atomic E-state index is -3.17. The predicted octanol–water partition coefficient (Wildman–Crippen LogP) is 1.64. The van der Waals surface area contributed by atoms with Crippen molar-refractivity contribution >= 4 is 15.9 Å². The molecule has 6 nitrogen and oxygen atoms in total. The van der Waals surface area contributed by atoms with E-state index >= 15 is 0 Å². The molecule has 132 valence electrons. The smallest absolute Gasteiger partial charge is 0.222 e. The molecule has 1 spiro atoms. The molecule has 2 saturated heterocycles. The Bertz CT molecular complexity index is 692. The number of hydrogen-bond acceptors (Lipinski definition) is 4. The third-order valence-electron chi connectivity index (χ3n) is 5.23. The van der Waals surface area contributed by atoms with Gasteiger partial charge < -0.3 is 4.90 Å². The Labute approximate surface area is 143 Å². The molecular formula is C17H25N3O3S. The van der Waals surface area contributed by atoms with Crippen LogP contribution in [0.4, 0.5) is 0 Å². The molecule has 2 fully saturated rings. The van der Waals surface area contributed by atoms with Gasteiger partial charge in [-0.15, -0.1) is 0 Å². The summed E-state index contributed by atoms with van der Waals surface area (Å²) in [4.78, 5) is 18.3. The minimum absolute atomic E-state index is 0.101. The number of carbonyl (C=O) groups excluding carboxylic acids is 1. The molecule has 3 heterocycles. The first-order chi connectivity index (χ1) is 11.4. The fourth-order valence-electron chi connectivity index (χ4n) is 3.87. The third kappa shape index (κ3) is 3.62. The molecule has 0 radical (unpaired) electrons. The molecule has 0 unspecified atom stereocenters. The van der Waals surface area contributed by atoms with Crippen LogP contribution in [0.2, 0.25) is 0 Å². The van der Waals surface area contributed by atoms with Gasteiger partial charge in [0.1, 0.15) is 0 Å². The van der Waals surface area contributed by atoms with Gasteiger partial charge in [0.05, 0.1) is 5.75 Å². The fourth-order valence-corrected chi connectivity index (χ4v) is 5.12. The molecule has 1 amide bonds. The molecule has 0 bridgehead atoms. The second-order valence-electron chi connectivity index (χ2n) is 6.95. The van der Waals surface area contributed by atoms with Crippen LogP contribution >= 0.6 is 0 Å². The second-order valence-corrected chi connectivity index (χ2v) is 9.21. The first kappa shape index (κ1) is 17.4. The summed E-state index contributed by atoms with van der Waals surface area (Å²) in [5.74, 6) is 0.293. The molecule has 2 aliphatic rings. The van der Waals surface area contributed by atoms with Crippen molar-refractivity contribution in [3.63, 3.8) is 0 Å². The monoisotopic (exact) mass is 351 g/mol. The predicted molar refractivity (Wildman–Crippen MR) is 91.6 cm³/mol. The number of amides is 1. The summed E-state index contributed by atoms with van der Waals surface area (Å²) in [6.45, 7) is 4.02. The summed E-state index contributed by atoms with van der Waals surface area (Å²) in [7, 11) is -3.17. The van der Waals surface area contributed by atoms with Crippen LogP contribution in [0.25, 0.3) is 0 Å². The van der Waals surface area contributed by atoms with Gasteiger partial charge in [-0.3, -0.25) is 9.78 Å². The Kier molecular flexibility index (Phi) is 4.92. The third-order valence-corrected chi connectivity index (χ3v) is 7.06. The molecular weight excluding hydrogens is 326 g/mol. The van der Waals surface area contributed by atoms with E-state index in [4.69, 9.17) is 0 Å². The summed E-state index contributed by atoms with van der Waals surface area (Å²) in [5.41, 5.74) is 0.910. The maximum Gasteiger partial charge on any atom is 0.222 e. The van der Waals surface area contributed by atoms with Gasteiger partial charge in [-0.2, -0.15) is 0 Å². The second kappa shape index (κ2) is 6.80. The zero-order valence-corrected chi connectivity index (χ0v) is 15.0. The standard InChI is InChI=1S/C17H25N3O3S/c1-2-24(22,23)20-10-4-7-17(14-20)8-6-16(21)19(13-17)12-15-5-3-9-18-11-15/h3,5,9,11H,2,4,6-8,10,12-14H2,1H3/t17-/m1/s1. The van der Waals surface area contributed by atoms with Gasteiger partial charge in [0.25, 0.3) is 0 Å². The normalized spacial score (nSPS) is 26.0. The van der Waals surface area contributed by atoms with Crippen LogP contribution in [-0.4, -0.2) is 53.9 Å². The summed E-state index contributed by atoms with van der Waals surface area (Å²) in [6.07, 6.45) is 6.64. The first-order valence-electron chi connectivity index (χ1n) is 8.59. The number of carbonyl (C=O) groups is 1. The summed E-state index contributed by atoms with van der Waals surface area (Å²) in [6, 6.07) is 3.84. The average Bonchev–Trinajstić information content (AvgIpc) is 2.59. The van der Waals surface area contributed by atoms with Crippen molar-refractivity contribution in [3.8, 4) is 0 Å². The van der Waals surface area contributed by atoms with Crippen molar-refractivity contribution in [1.29, 1.82) is 0 Å². The van der Waals surface area contributed by atoms with E-state index in [1.165, 1.54) is 0 Å². The van der Waals surface area contributed by atoms with Crippen LogP contribution < -0.4 is 0 Å². The van der Waals surface area contributed by atoms with Crippen LogP contribution in [0.5, 0.6) is 0 Å². The van der Waals surface area contributed by atoms with Crippen LogP contribution in [-0.2, 0) is 21.4 Å². The van der Waals surface area contributed by atoms with Crippen LogP contribution in [0, 0.1) is 5.41 Å². The molecule has 0 N–H and O–H groups in total. The van der Waals surface area contributed by atoms with E-state index < -0.39 is 10.0 Å². The Morgan fingerprint density at radius 2 is 2.12 bits per heavy atom. The van der Waals surface area contributed by atoms with Gasteiger partial charge in [0, 0.05) is 50.4 Å². The van der Waals surface area contributed by atoms with Crippen molar-refractivity contribution in [1.82, 2.24) is 14.2 Å². The molecule has 0 saturated carbocycles. The number of piperidine rings is 2. The molecule has 1 aromatic heterocycles. The molecule has 2 aliphatic heterocycles. The van der Waals surface area contributed by atoms with Crippen LogP contribution in [0.15, 0.2) is 24.5 Å². The van der Waals surface area contributed by atoms with Gasteiger partial charge in [0.15, 0.2) is 0 Å². The lowest BCUT2D eigenvalue weighted by atomic mass is 9.74. The molecule has 0 aliphatic carbocycles. The van der Waals surface area contributed by atoms with Crippen molar-refractivity contribution in [3.05, 3.63) is 30.1 Å². The summed E-state index contributed by atoms with van der Waals surface area (Å²) >= 11 is 0. The molecule has 1 aromatic rings. The molecule has 3 rings (SSSR count). The highest BCUT2D eigenvalue weighted by molar-refractivity contribution is 7.89. The molecule has 0 aromatic carbocycles. The van der Waals surface area contributed by atoms with E-state index in [-0.39, 0.29) is 17.1 Å².